The van der Waals surface area contributed by atoms with Crippen molar-refractivity contribution in [2.45, 2.75) is 18.6 Å². The van der Waals surface area contributed by atoms with Gasteiger partial charge in [-0.1, -0.05) is 12.1 Å². The van der Waals surface area contributed by atoms with E-state index in [0.717, 1.165) is 31.7 Å². The number of benzene rings is 1. The first kappa shape index (κ1) is 15.3. The van der Waals surface area contributed by atoms with Gasteiger partial charge in [0, 0.05) is 31.9 Å². The molecule has 5 heteroatoms. The minimum Gasteiger partial charge on any atom is -0.390 e. The quantitative estimate of drug-likeness (QED) is 0.595. The van der Waals surface area contributed by atoms with E-state index in [1.165, 1.54) is 5.69 Å². The van der Waals surface area contributed by atoms with Crippen LogP contribution in [-0.4, -0.2) is 56.1 Å². The van der Waals surface area contributed by atoms with E-state index in [9.17, 15) is 10.2 Å². The van der Waals surface area contributed by atoms with Crippen LogP contribution < -0.4 is 15.5 Å². The van der Waals surface area contributed by atoms with Crippen molar-refractivity contribution in [2.24, 2.45) is 0 Å². The van der Waals surface area contributed by atoms with Crippen molar-refractivity contribution in [3.8, 4) is 0 Å². The number of hydrogen-bond acceptors (Lipinski definition) is 5. The topological polar surface area (TPSA) is 67.8 Å². The third kappa shape index (κ3) is 3.93. The van der Waals surface area contributed by atoms with Crippen LogP contribution in [0, 0.1) is 0 Å². The van der Waals surface area contributed by atoms with Crippen molar-refractivity contribution < 1.29 is 10.2 Å². The average Bonchev–Trinajstić information content (AvgIpc) is 2.53. The molecular formula is C15H25N3O2. The first-order chi connectivity index (χ1) is 9.72. The Balaban J connectivity index is 1.96. The SMILES string of the molecule is CNCCC(O)C(O)c1ccc(N2CCNCC2)cc1. The molecule has 0 aliphatic carbocycles. The molecule has 5 nitrogen and oxygen atoms in total. The normalized spacial score (nSPS) is 18.9. The number of rotatable bonds is 6. The molecule has 1 aromatic rings. The number of piperazine rings is 1. The van der Waals surface area contributed by atoms with Crippen LogP contribution in [0.2, 0.25) is 0 Å². The summed E-state index contributed by atoms with van der Waals surface area (Å²) in [6.45, 7) is 4.72. The molecule has 0 bridgehead atoms. The summed E-state index contributed by atoms with van der Waals surface area (Å²) in [6, 6.07) is 7.86. The highest BCUT2D eigenvalue weighted by Gasteiger charge is 2.18. The van der Waals surface area contributed by atoms with Gasteiger partial charge < -0.3 is 25.7 Å². The molecule has 2 unspecified atom stereocenters. The van der Waals surface area contributed by atoms with Gasteiger partial charge in [-0.15, -0.1) is 0 Å². The average molecular weight is 279 g/mol. The third-order valence-corrected chi connectivity index (χ3v) is 3.77. The fourth-order valence-corrected chi connectivity index (χ4v) is 2.48. The summed E-state index contributed by atoms with van der Waals surface area (Å²) in [4.78, 5) is 2.32. The maximum atomic E-state index is 10.1. The van der Waals surface area contributed by atoms with Crippen LogP contribution in [0.1, 0.15) is 18.1 Å². The standard InChI is InChI=1S/C15H25N3O2/c1-16-7-6-14(19)15(20)12-2-4-13(5-3-12)18-10-8-17-9-11-18/h2-5,14-17,19-20H,6-11H2,1H3. The minimum atomic E-state index is -0.819. The van der Waals surface area contributed by atoms with Gasteiger partial charge in [-0.2, -0.15) is 0 Å². The smallest absolute Gasteiger partial charge is 0.105 e. The van der Waals surface area contributed by atoms with E-state index in [1.807, 2.05) is 31.3 Å². The van der Waals surface area contributed by atoms with Crippen molar-refractivity contribution >= 4 is 5.69 Å². The first-order valence-corrected chi connectivity index (χ1v) is 7.28. The number of nitrogens with one attached hydrogen (secondary N) is 2. The Hall–Kier alpha value is -1.14. The van der Waals surface area contributed by atoms with E-state index in [4.69, 9.17) is 0 Å². The van der Waals surface area contributed by atoms with E-state index in [2.05, 4.69) is 15.5 Å². The van der Waals surface area contributed by atoms with Gasteiger partial charge in [-0.3, -0.25) is 0 Å². The van der Waals surface area contributed by atoms with Crippen LogP contribution in [-0.2, 0) is 0 Å². The second kappa shape index (κ2) is 7.59. The van der Waals surface area contributed by atoms with Crippen LogP contribution in [0.4, 0.5) is 5.69 Å². The summed E-state index contributed by atoms with van der Waals surface area (Å²) in [5, 5.41) is 26.3. The van der Waals surface area contributed by atoms with E-state index in [1.54, 1.807) is 0 Å². The van der Waals surface area contributed by atoms with Gasteiger partial charge in [0.05, 0.1) is 6.10 Å². The Kier molecular flexibility index (Phi) is 5.79. The lowest BCUT2D eigenvalue weighted by Crippen LogP contribution is -2.43. The molecule has 1 aliphatic rings. The van der Waals surface area contributed by atoms with Gasteiger partial charge in [0.25, 0.3) is 0 Å². The van der Waals surface area contributed by atoms with Gasteiger partial charge in [0.2, 0.25) is 0 Å². The molecular weight excluding hydrogens is 254 g/mol. The molecule has 2 atom stereocenters. The van der Waals surface area contributed by atoms with E-state index in [-0.39, 0.29) is 0 Å². The van der Waals surface area contributed by atoms with Crippen LogP contribution in [0.15, 0.2) is 24.3 Å². The van der Waals surface area contributed by atoms with Crippen LogP contribution in [0.3, 0.4) is 0 Å². The Morgan fingerprint density at radius 3 is 2.45 bits per heavy atom. The first-order valence-electron chi connectivity index (χ1n) is 7.28. The van der Waals surface area contributed by atoms with Crippen molar-refractivity contribution in [3.63, 3.8) is 0 Å². The second-order valence-corrected chi connectivity index (χ2v) is 5.23. The minimum absolute atomic E-state index is 0.539. The predicted molar refractivity (Wildman–Crippen MR) is 81.0 cm³/mol. The maximum absolute atomic E-state index is 10.1. The zero-order chi connectivity index (χ0) is 14.4. The maximum Gasteiger partial charge on any atom is 0.105 e. The van der Waals surface area contributed by atoms with Gasteiger partial charge in [0.1, 0.15) is 6.10 Å². The Bertz CT molecular complexity index is 391. The molecule has 1 aromatic carbocycles. The van der Waals surface area contributed by atoms with Gasteiger partial charge in [-0.05, 0) is 37.7 Å². The molecule has 1 saturated heterocycles. The van der Waals surface area contributed by atoms with E-state index >= 15 is 0 Å². The number of anilines is 1. The largest absolute Gasteiger partial charge is 0.390 e. The molecule has 0 spiro atoms. The van der Waals surface area contributed by atoms with Crippen molar-refractivity contribution in [3.05, 3.63) is 29.8 Å². The summed E-state index contributed by atoms with van der Waals surface area (Å²) in [7, 11) is 1.83. The molecule has 0 amide bonds. The molecule has 4 N–H and O–H groups in total. The molecule has 20 heavy (non-hydrogen) atoms. The van der Waals surface area contributed by atoms with Crippen molar-refractivity contribution in [1.29, 1.82) is 0 Å². The highest BCUT2D eigenvalue weighted by atomic mass is 16.3. The highest BCUT2D eigenvalue weighted by molar-refractivity contribution is 5.48. The monoisotopic (exact) mass is 279 g/mol. The third-order valence-electron chi connectivity index (χ3n) is 3.77. The summed E-state index contributed by atoms with van der Waals surface area (Å²) >= 11 is 0. The number of aliphatic hydroxyl groups excluding tert-OH is 2. The van der Waals surface area contributed by atoms with Gasteiger partial charge >= 0.3 is 0 Å². The van der Waals surface area contributed by atoms with Crippen LogP contribution in [0.25, 0.3) is 0 Å². The summed E-state index contributed by atoms with van der Waals surface area (Å²) in [5.74, 6) is 0. The molecule has 0 aromatic heterocycles. The van der Waals surface area contributed by atoms with Gasteiger partial charge in [0.15, 0.2) is 0 Å². The number of aliphatic hydroxyl groups is 2. The molecule has 2 rings (SSSR count). The lowest BCUT2D eigenvalue weighted by atomic mass is 10.0. The summed E-state index contributed by atoms with van der Waals surface area (Å²) in [5.41, 5.74) is 1.94. The second-order valence-electron chi connectivity index (χ2n) is 5.23. The molecule has 1 heterocycles. The summed E-state index contributed by atoms with van der Waals surface area (Å²) < 4.78 is 0. The predicted octanol–water partition coefficient (Wildman–Crippen LogP) is 0.100. The molecule has 0 radical (unpaired) electrons. The number of hydrogen-bond donors (Lipinski definition) is 4. The number of nitrogens with zero attached hydrogens (tertiary/aromatic N) is 1. The fraction of sp³-hybridized carbons (Fsp3) is 0.600. The zero-order valence-electron chi connectivity index (χ0n) is 12.0. The molecule has 1 aliphatic heterocycles. The van der Waals surface area contributed by atoms with Crippen molar-refractivity contribution in [1.82, 2.24) is 10.6 Å². The Morgan fingerprint density at radius 2 is 1.85 bits per heavy atom. The van der Waals surface area contributed by atoms with Crippen LogP contribution >= 0.6 is 0 Å². The molecule has 112 valence electrons. The zero-order valence-corrected chi connectivity index (χ0v) is 12.0. The molecule has 0 saturated carbocycles. The Labute approximate surface area is 120 Å². The Morgan fingerprint density at radius 1 is 1.20 bits per heavy atom. The lowest BCUT2D eigenvalue weighted by Gasteiger charge is -2.29. The molecule has 1 fully saturated rings. The van der Waals surface area contributed by atoms with Crippen molar-refractivity contribution in [2.75, 3.05) is 44.7 Å². The van der Waals surface area contributed by atoms with E-state index in [0.29, 0.717) is 13.0 Å². The summed E-state index contributed by atoms with van der Waals surface area (Å²) in [6.07, 6.45) is -1.01. The van der Waals surface area contributed by atoms with E-state index < -0.39 is 12.2 Å². The fourth-order valence-electron chi connectivity index (χ4n) is 2.48. The lowest BCUT2D eigenvalue weighted by molar-refractivity contribution is 0.0140. The highest BCUT2D eigenvalue weighted by Crippen LogP contribution is 2.22. The van der Waals surface area contributed by atoms with Gasteiger partial charge in [-0.25, -0.2) is 0 Å². The van der Waals surface area contributed by atoms with Crippen LogP contribution in [0.5, 0.6) is 0 Å².